The van der Waals surface area contributed by atoms with Crippen molar-refractivity contribution < 1.29 is 44.9 Å². The lowest BCUT2D eigenvalue weighted by Crippen LogP contribution is -2.43. The molecule has 0 radical (unpaired) electrons. The molecular weight excluding hydrogens is 373 g/mol. The first-order valence-corrected chi connectivity index (χ1v) is 8.78. The Balaban J connectivity index is 2.67. The Hall–Kier alpha value is -1.76. The Morgan fingerprint density at radius 3 is 2.12 bits per heavy atom. The molecule has 1 aromatic carbocycles. The van der Waals surface area contributed by atoms with Gasteiger partial charge in [0.25, 0.3) is 0 Å². The molecule has 6 nitrogen and oxygen atoms in total. The number of hydrogen-bond donors (Lipinski definition) is 0. The fourth-order valence-corrected chi connectivity index (χ4v) is 3.55. The highest BCUT2D eigenvalue weighted by Crippen LogP contribution is 2.25. The SMILES string of the molecule is CO[Si](CCCN(F)C(=O)Oc1cc(F)c(F)c(F)c1F)(OC)OC. The highest BCUT2D eigenvalue weighted by Gasteiger charge is 2.37. The molecule has 1 rings (SSSR count). The maximum atomic E-state index is 13.6. The van der Waals surface area contributed by atoms with Crippen molar-refractivity contribution in [2.24, 2.45) is 0 Å². The van der Waals surface area contributed by atoms with E-state index in [0.29, 0.717) is 0 Å². The van der Waals surface area contributed by atoms with Gasteiger partial charge < -0.3 is 18.0 Å². The highest BCUT2D eigenvalue weighted by atomic mass is 28.4. The van der Waals surface area contributed by atoms with Gasteiger partial charge in [0.1, 0.15) is 0 Å². The molecule has 0 bridgehead atoms. The van der Waals surface area contributed by atoms with Crippen LogP contribution in [0.5, 0.6) is 5.75 Å². The van der Waals surface area contributed by atoms with Crippen LogP contribution in [0.1, 0.15) is 6.42 Å². The van der Waals surface area contributed by atoms with Crippen molar-refractivity contribution in [2.45, 2.75) is 12.5 Å². The summed E-state index contributed by atoms with van der Waals surface area (Å²) in [4.78, 5) is 11.5. The molecule has 0 aliphatic carbocycles. The van der Waals surface area contributed by atoms with E-state index in [9.17, 15) is 26.8 Å². The normalized spacial score (nSPS) is 11.5. The van der Waals surface area contributed by atoms with Crippen LogP contribution in [-0.4, -0.2) is 47.9 Å². The maximum absolute atomic E-state index is 13.6. The van der Waals surface area contributed by atoms with E-state index in [-0.39, 0.29) is 18.5 Å². The fraction of sp³-hybridized carbons (Fsp3) is 0.462. The molecule has 0 heterocycles. The number of amides is 1. The molecule has 0 atom stereocenters. The van der Waals surface area contributed by atoms with E-state index >= 15 is 0 Å². The molecule has 25 heavy (non-hydrogen) atoms. The second kappa shape index (κ2) is 9.08. The predicted octanol–water partition coefficient (Wildman–Crippen LogP) is 3.20. The Morgan fingerprint density at radius 2 is 1.60 bits per heavy atom. The van der Waals surface area contributed by atoms with Crippen LogP contribution in [0.25, 0.3) is 0 Å². The van der Waals surface area contributed by atoms with Crippen LogP contribution in [0.15, 0.2) is 6.07 Å². The first-order chi connectivity index (χ1) is 11.7. The molecule has 1 aromatic rings. The zero-order valence-corrected chi connectivity index (χ0v) is 14.6. The van der Waals surface area contributed by atoms with Gasteiger partial charge in [-0.2, -0.15) is 4.39 Å². The first kappa shape index (κ1) is 21.3. The zero-order chi connectivity index (χ0) is 19.2. The van der Waals surface area contributed by atoms with Crippen molar-refractivity contribution in [1.82, 2.24) is 5.12 Å². The number of ether oxygens (including phenoxy) is 1. The molecule has 142 valence electrons. The third-order valence-electron chi connectivity index (χ3n) is 3.24. The van der Waals surface area contributed by atoms with Crippen molar-refractivity contribution in [1.29, 1.82) is 0 Å². The average Bonchev–Trinajstić information content (AvgIpc) is 2.61. The van der Waals surface area contributed by atoms with Gasteiger partial charge in [-0.25, -0.2) is 18.0 Å². The second-order valence-corrected chi connectivity index (χ2v) is 7.74. The summed E-state index contributed by atoms with van der Waals surface area (Å²) < 4.78 is 85.3. The third-order valence-corrected chi connectivity index (χ3v) is 6.07. The van der Waals surface area contributed by atoms with Crippen molar-refractivity contribution in [3.8, 4) is 5.75 Å². The largest absolute Gasteiger partial charge is 0.500 e. The Morgan fingerprint density at radius 1 is 1.04 bits per heavy atom. The number of halogens is 5. The Bertz CT molecular complexity index is 609. The molecule has 0 aliphatic rings. The van der Waals surface area contributed by atoms with Gasteiger partial charge in [-0.15, -0.1) is 5.12 Å². The highest BCUT2D eigenvalue weighted by molar-refractivity contribution is 6.60. The summed E-state index contributed by atoms with van der Waals surface area (Å²) >= 11 is 0. The van der Waals surface area contributed by atoms with E-state index in [0.717, 1.165) is 0 Å². The van der Waals surface area contributed by atoms with Crippen molar-refractivity contribution in [3.63, 3.8) is 0 Å². The molecule has 0 fully saturated rings. The van der Waals surface area contributed by atoms with Crippen molar-refractivity contribution in [3.05, 3.63) is 29.3 Å². The van der Waals surface area contributed by atoms with Crippen LogP contribution in [0.4, 0.5) is 26.8 Å². The van der Waals surface area contributed by atoms with Gasteiger partial charge in [-0.05, 0) is 6.42 Å². The summed E-state index contributed by atoms with van der Waals surface area (Å²) in [5.74, 6) is -9.27. The Kier molecular flexibility index (Phi) is 7.73. The standard InChI is InChI=1S/C13H16F5NO5Si/c1-21-25(22-2,23-3)6-4-5-19(18)13(20)24-9-7-8(14)10(15)12(17)11(9)16/h7H,4-6H2,1-3H3. The van der Waals surface area contributed by atoms with E-state index in [1.54, 1.807) is 0 Å². The van der Waals surface area contributed by atoms with Crippen LogP contribution in [-0.2, 0) is 13.3 Å². The van der Waals surface area contributed by atoms with Gasteiger partial charge in [0, 0.05) is 33.4 Å². The van der Waals surface area contributed by atoms with E-state index in [1.165, 1.54) is 21.3 Å². The summed E-state index contributed by atoms with van der Waals surface area (Å²) in [5, 5.41) is -0.446. The van der Waals surface area contributed by atoms with Gasteiger partial charge in [-0.1, -0.05) is 4.48 Å². The van der Waals surface area contributed by atoms with Crippen molar-refractivity contribution in [2.75, 3.05) is 27.9 Å². The van der Waals surface area contributed by atoms with Crippen LogP contribution in [0.2, 0.25) is 6.04 Å². The molecule has 12 heteroatoms. The quantitative estimate of drug-likeness (QED) is 0.225. The molecule has 0 unspecified atom stereocenters. The molecule has 0 saturated heterocycles. The minimum atomic E-state index is -2.97. The molecule has 1 amide bonds. The zero-order valence-electron chi connectivity index (χ0n) is 13.6. The maximum Gasteiger partial charge on any atom is 0.500 e. The summed E-state index contributed by atoms with van der Waals surface area (Å²) in [6.45, 7) is -0.516. The number of rotatable bonds is 8. The summed E-state index contributed by atoms with van der Waals surface area (Å²) in [7, 11) is 1.08. The average molecular weight is 389 g/mol. The number of benzene rings is 1. The number of nitrogens with zero attached hydrogens (tertiary/aromatic N) is 1. The number of carbonyl (C=O) groups excluding carboxylic acids is 1. The molecule has 0 spiro atoms. The van der Waals surface area contributed by atoms with E-state index in [4.69, 9.17) is 13.3 Å². The number of carbonyl (C=O) groups is 1. The molecule has 0 N–H and O–H groups in total. The monoisotopic (exact) mass is 389 g/mol. The summed E-state index contributed by atoms with van der Waals surface area (Å²) in [6, 6.07) is 0.247. The predicted molar refractivity (Wildman–Crippen MR) is 76.3 cm³/mol. The summed E-state index contributed by atoms with van der Waals surface area (Å²) in [6.07, 6.45) is -1.70. The van der Waals surface area contributed by atoms with E-state index in [2.05, 4.69) is 4.74 Å². The van der Waals surface area contributed by atoms with E-state index < -0.39 is 55.6 Å². The third kappa shape index (κ3) is 5.10. The molecule has 0 aromatic heterocycles. The van der Waals surface area contributed by atoms with Gasteiger partial charge in [0.2, 0.25) is 11.6 Å². The van der Waals surface area contributed by atoms with Crippen LogP contribution >= 0.6 is 0 Å². The molecule has 0 saturated carbocycles. The second-order valence-electron chi connectivity index (χ2n) is 4.65. The van der Waals surface area contributed by atoms with Gasteiger partial charge in [0.15, 0.2) is 17.4 Å². The van der Waals surface area contributed by atoms with Gasteiger partial charge in [0.05, 0.1) is 6.54 Å². The van der Waals surface area contributed by atoms with Gasteiger partial charge in [-0.3, -0.25) is 0 Å². The van der Waals surface area contributed by atoms with E-state index in [1.807, 2.05) is 0 Å². The van der Waals surface area contributed by atoms with Crippen LogP contribution < -0.4 is 4.74 Å². The summed E-state index contributed by atoms with van der Waals surface area (Å²) in [5.41, 5.74) is 0. The van der Waals surface area contributed by atoms with Crippen LogP contribution in [0, 0.1) is 23.3 Å². The Labute approximate surface area is 141 Å². The lowest BCUT2D eigenvalue weighted by Gasteiger charge is -2.24. The minimum absolute atomic E-state index is 0.0297. The minimum Gasteiger partial charge on any atom is -0.405 e. The number of hydrogen-bond acceptors (Lipinski definition) is 5. The molecular formula is C13H16F5NO5Si. The fourth-order valence-electron chi connectivity index (χ4n) is 1.85. The van der Waals surface area contributed by atoms with Gasteiger partial charge >= 0.3 is 14.9 Å². The lowest BCUT2D eigenvalue weighted by molar-refractivity contribution is 0.0343. The smallest absolute Gasteiger partial charge is 0.405 e. The topological polar surface area (TPSA) is 57.2 Å². The lowest BCUT2D eigenvalue weighted by atomic mass is 10.3. The van der Waals surface area contributed by atoms with Crippen LogP contribution in [0.3, 0.4) is 0 Å². The molecule has 0 aliphatic heterocycles. The van der Waals surface area contributed by atoms with Crippen molar-refractivity contribution >= 4 is 14.9 Å². The first-order valence-electron chi connectivity index (χ1n) is 6.85.